The Hall–Kier alpha value is -0.450. The highest BCUT2D eigenvalue weighted by Crippen LogP contribution is 2.29. The first kappa shape index (κ1) is 13.6. The number of ether oxygens (including phenoxy) is 1. The summed E-state index contributed by atoms with van der Waals surface area (Å²) >= 11 is 5.87. The van der Waals surface area contributed by atoms with Gasteiger partial charge < -0.3 is 4.74 Å². The van der Waals surface area contributed by atoms with Crippen LogP contribution in [0.15, 0.2) is 12.1 Å². The Morgan fingerprint density at radius 1 is 1.38 bits per heavy atom. The highest BCUT2D eigenvalue weighted by molar-refractivity contribution is 8.13. The smallest absolute Gasteiger partial charge is 0.236 e. The zero-order valence-corrected chi connectivity index (χ0v) is 11.3. The van der Waals surface area contributed by atoms with Crippen molar-refractivity contribution in [3.05, 3.63) is 28.3 Å². The molecule has 0 aliphatic carbocycles. The molecule has 6 heteroatoms. The van der Waals surface area contributed by atoms with Crippen molar-refractivity contribution >= 4 is 31.3 Å². The van der Waals surface area contributed by atoms with E-state index in [9.17, 15) is 8.42 Å². The van der Waals surface area contributed by atoms with Crippen molar-refractivity contribution in [3.63, 3.8) is 0 Å². The van der Waals surface area contributed by atoms with Gasteiger partial charge in [0.25, 0.3) is 0 Å². The molecule has 1 aromatic carbocycles. The molecule has 0 atom stereocenters. The molecule has 1 aromatic rings. The van der Waals surface area contributed by atoms with Crippen LogP contribution in [0, 0.1) is 0 Å². The Bertz CT molecular complexity index is 483. The summed E-state index contributed by atoms with van der Waals surface area (Å²) < 4.78 is 27.3. The van der Waals surface area contributed by atoms with E-state index in [4.69, 9.17) is 27.0 Å². The standard InChI is InChI=1S/C10H12Cl2O3S/c1-3-9-7(6-16(12,13)14)4-8(11)5-10(9)15-2/h4-5H,3,6H2,1-2H3. The fraction of sp³-hybridized carbons (Fsp3) is 0.400. The van der Waals surface area contributed by atoms with Crippen molar-refractivity contribution in [2.24, 2.45) is 0 Å². The maximum atomic E-state index is 11.1. The predicted molar refractivity (Wildman–Crippen MR) is 65.9 cm³/mol. The molecule has 90 valence electrons. The molecule has 1 rings (SSSR count). The fourth-order valence-electron chi connectivity index (χ4n) is 1.56. The molecule has 0 fully saturated rings. The third-order valence-electron chi connectivity index (χ3n) is 2.17. The third-order valence-corrected chi connectivity index (χ3v) is 3.37. The van der Waals surface area contributed by atoms with Crippen molar-refractivity contribution < 1.29 is 13.2 Å². The van der Waals surface area contributed by atoms with Gasteiger partial charge in [-0.25, -0.2) is 8.42 Å². The minimum absolute atomic E-state index is 0.241. The Kier molecular flexibility index (Phi) is 4.47. The summed E-state index contributed by atoms with van der Waals surface area (Å²) in [5.74, 6) is 0.347. The van der Waals surface area contributed by atoms with Crippen LogP contribution in [0.5, 0.6) is 5.75 Å². The van der Waals surface area contributed by atoms with Crippen molar-refractivity contribution in [1.29, 1.82) is 0 Å². The molecule has 0 spiro atoms. The molecule has 0 N–H and O–H groups in total. The summed E-state index contributed by atoms with van der Waals surface area (Å²) in [6.45, 7) is 1.91. The zero-order valence-electron chi connectivity index (χ0n) is 8.96. The van der Waals surface area contributed by atoms with Gasteiger partial charge in [-0.05, 0) is 29.7 Å². The van der Waals surface area contributed by atoms with E-state index < -0.39 is 9.05 Å². The molecular formula is C10H12Cl2O3S. The van der Waals surface area contributed by atoms with Gasteiger partial charge in [0.15, 0.2) is 0 Å². The van der Waals surface area contributed by atoms with Crippen molar-refractivity contribution in [1.82, 2.24) is 0 Å². The monoisotopic (exact) mass is 282 g/mol. The summed E-state index contributed by atoms with van der Waals surface area (Å²) in [5.41, 5.74) is 1.40. The largest absolute Gasteiger partial charge is 0.496 e. The minimum atomic E-state index is -3.59. The predicted octanol–water partition coefficient (Wildman–Crippen LogP) is 2.98. The number of methoxy groups -OCH3 is 1. The normalized spacial score (nSPS) is 11.5. The van der Waals surface area contributed by atoms with Gasteiger partial charge in [-0.3, -0.25) is 0 Å². The van der Waals surface area contributed by atoms with Gasteiger partial charge >= 0.3 is 0 Å². The highest BCUT2D eigenvalue weighted by atomic mass is 35.7. The zero-order chi connectivity index (χ0) is 12.3. The van der Waals surface area contributed by atoms with E-state index in [1.54, 1.807) is 12.1 Å². The van der Waals surface area contributed by atoms with E-state index in [0.29, 0.717) is 22.8 Å². The van der Waals surface area contributed by atoms with Crippen LogP contribution in [0.3, 0.4) is 0 Å². The lowest BCUT2D eigenvalue weighted by molar-refractivity contribution is 0.409. The number of hydrogen-bond donors (Lipinski definition) is 0. The quantitative estimate of drug-likeness (QED) is 0.798. The molecule has 0 aliphatic heterocycles. The molecule has 0 radical (unpaired) electrons. The molecular weight excluding hydrogens is 271 g/mol. The maximum absolute atomic E-state index is 11.1. The average Bonchev–Trinajstić information content (AvgIpc) is 2.14. The summed E-state index contributed by atoms with van der Waals surface area (Å²) in [7, 11) is 3.16. The highest BCUT2D eigenvalue weighted by Gasteiger charge is 2.15. The molecule has 0 bridgehead atoms. The van der Waals surface area contributed by atoms with Crippen LogP contribution in [0.4, 0.5) is 0 Å². The number of rotatable bonds is 4. The third kappa shape index (κ3) is 3.54. The van der Waals surface area contributed by atoms with E-state index in [-0.39, 0.29) is 5.75 Å². The summed E-state index contributed by atoms with van der Waals surface area (Å²) in [4.78, 5) is 0. The van der Waals surface area contributed by atoms with E-state index >= 15 is 0 Å². The van der Waals surface area contributed by atoms with Crippen molar-refractivity contribution in [2.75, 3.05) is 7.11 Å². The Morgan fingerprint density at radius 3 is 2.44 bits per heavy atom. The van der Waals surface area contributed by atoms with Gasteiger partial charge in [0.05, 0.1) is 12.9 Å². The first-order valence-corrected chi connectivity index (χ1v) is 7.50. The first-order chi connectivity index (χ1) is 7.37. The van der Waals surface area contributed by atoms with Crippen LogP contribution < -0.4 is 4.74 Å². The summed E-state index contributed by atoms with van der Waals surface area (Å²) in [6.07, 6.45) is 0.655. The number of hydrogen-bond acceptors (Lipinski definition) is 3. The Balaban J connectivity index is 3.31. The molecule has 0 aliphatic rings. The molecule has 0 unspecified atom stereocenters. The maximum Gasteiger partial charge on any atom is 0.236 e. The second-order valence-corrected chi connectivity index (χ2v) is 6.50. The van der Waals surface area contributed by atoms with Crippen LogP contribution in [-0.4, -0.2) is 15.5 Å². The van der Waals surface area contributed by atoms with Crippen LogP contribution in [0.2, 0.25) is 5.02 Å². The van der Waals surface area contributed by atoms with Gasteiger partial charge in [-0.2, -0.15) is 0 Å². The van der Waals surface area contributed by atoms with Gasteiger partial charge in [0.2, 0.25) is 9.05 Å². The summed E-state index contributed by atoms with van der Waals surface area (Å²) in [5, 5.41) is 0.435. The lowest BCUT2D eigenvalue weighted by atomic mass is 10.1. The number of benzene rings is 1. The van der Waals surface area contributed by atoms with Gasteiger partial charge in [0, 0.05) is 15.7 Å². The minimum Gasteiger partial charge on any atom is -0.496 e. The SMILES string of the molecule is CCc1c(CS(=O)(=O)Cl)cc(Cl)cc1OC. The van der Waals surface area contributed by atoms with Gasteiger partial charge in [-0.15, -0.1) is 0 Å². The first-order valence-electron chi connectivity index (χ1n) is 4.65. The molecule has 0 amide bonds. The Morgan fingerprint density at radius 2 is 2.00 bits per heavy atom. The van der Waals surface area contributed by atoms with E-state index in [0.717, 1.165) is 5.56 Å². The molecule has 0 heterocycles. The molecule has 3 nitrogen and oxygen atoms in total. The molecule has 0 saturated heterocycles. The van der Waals surface area contributed by atoms with Crippen LogP contribution in [-0.2, 0) is 21.2 Å². The van der Waals surface area contributed by atoms with Gasteiger partial charge in [0.1, 0.15) is 5.75 Å². The van der Waals surface area contributed by atoms with Crippen molar-refractivity contribution in [3.8, 4) is 5.75 Å². The lowest BCUT2D eigenvalue weighted by Gasteiger charge is -2.12. The Labute approximate surface area is 105 Å². The van der Waals surface area contributed by atoms with Gasteiger partial charge in [-0.1, -0.05) is 18.5 Å². The molecule has 0 saturated carbocycles. The number of halogens is 2. The van der Waals surface area contributed by atoms with E-state index in [1.165, 1.54) is 7.11 Å². The average molecular weight is 283 g/mol. The molecule has 16 heavy (non-hydrogen) atoms. The van der Waals surface area contributed by atoms with Crippen LogP contribution in [0.25, 0.3) is 0 Å². The van der Waals surface area contributed by atoms with Crippen LogP contribution >= 0.6 is 22.3 Å². The fourth-order valence-corrected chi connectivity index (χ4v) is 2.78. The van der Waals surface area contributed by atoms with E-state index in [1.807, 2.05) is 6.92 Å². The topological polar surface area (TPSA) is 43.4 Å². The molecule has 0 aromatic heterocycles. The van der Waals surface area contributed by atoms with Crippen molar-refractivity contribution in [2.45, 2.75) is 19.1 Å². The summed E-state index contributed by atoms with van der Waals surface area (Å²) in [6, 6.07) is 3.26. The van der Waals surface area contributed by atoms with E-state index in [2.05, 4.69) is 0 Å². The second-order valence-electron chi connectivity index (χ2n) is 3.28. The lowest BCUT2D eigenvalue weighted by Crippen LogP contribution is -2.02. The second kappa shape index (κ2) is 5.25. The van der Waals surface area contributed by atoms with Crippen LogP contribution in [0.1, 0.15) is 18.1 Å².